The molecule has 1 aliphatic carbocycles. The fourth-order valence-electron chi connectivity index (χ4n) is 8.47. The lowest BCUT2D eigenvalue weighted by Crippen LogP contribution is -2.40. The van der Waals surface area contributed by atoms with E-state index in [0.29, 0.717) is 23.0 Å². The number of aromatic hydroxyl groups is 4. The Kier molecular flexibility index (Phi) is 9.23. The van der Waals surface area contributed by atoms with Crippen LogP contribution in [0.4, 0.5) is 0 Å². The van der Waals surface area contributed by atoms with Crippen molar-refractivity contribution in [1.82, 2.24) is 0 Å². The molecule has 0 atom stereocenters. The molecule has 1 saturated carbocycles. The highest BCUT2D eigenvalue weighted by Crippen LogP contribution is 2.52. The Hall–Kier alpha value is -3.92. The van der Waals surface area contributed by atoms with Crippen LogP contribution in [0.1, 0.15) is 92.4 Å². The lowest BCUT2D eigenvalue weighted by molar-refractivity contribution is 0.0745. The number of rotatable bonds is 8. The summed E-state index contributed by atoms with van der Waals surface area (Å²) in [6.07, 6.45) is 7.93. The van der Waals surface area contributed by atoms with E-state index in [2.05, 4.69) is 48.5 Å². The van der Waals surface area contributed by atoms with Gasteiger partial charge in [0.25, 0.3) is 0 Å². The van der Waals surface area contributed by atoms with Crippen LogP contribution in [0, 0.1) is 66.2 Å². The molecule has 0 bridgehead atoms. The molecule has 4 aromatic rings. The largest absolute Gasteiger partial charge is 0.507 e. The zero-order valence-corrected chi connectivity index (χ0v) is 29.1. The van der Waals surface area contributed by atoms with Crippen LogP contribution < -0.4 is 0 Å². The average Bonchev–Trinajstić information content (AvgIpc) is 2.97. The SMILES string of the molecule is Cc1cc(CC2(Cc3cc(C)c(O)c(C)c3)CCC(Cc3cc(C)c(O)c(C)c3)(Cc3cc(C)c(O)c(C)c3)CC2)cc(C)c1O. The Morgan fingerprint density at radius 3 is 0.652 bits per heavy atom. The van der Waals surface area contributed by atoms with Gasteiger partial charge in [0.2, 0.25) is 0 Å². The number of benzene rings is 4. The minimum Gasteiger partial charge on any atom is -0.507 e. The lowest BCUT2D eigenvalue weighted by atomic mass is 9.57. The second-order valence-corrected chi connectivity index (χ2v) is 15.0. The number of hydrogen-bond acceptors (Lipinski definition) is 4. The van der Waals surface area contributed by atoms with E-state index in [4.69, 9.17) is 0 Å². The number of aryl methyl sites for hydroxylation is 8. The summed E-state index contributed by atoms with van der Waals surface area (Å²) in [6, 6.07) is 17.2. The molecule has 0 spiro atoms. The van der Waals surface area contributed by atoms with E-state index in [9.17, 15) is 20.4 Å². The molecule has 4 heteroatoms. The predicted octanol–water partition coefficient (Wildman–Crippen LogP) is 9.79. The van der Waals surface area contributed by atoms with Gasteiger partial charge < -0.3 is 20.4 Å². The average molecular weight is 621 g/mol. The molecule has 1 aliphatic rings. The van der Waals surface area contributed by atoms with E-state index >= 15 is 0 Å². The van der Waals surface area contributed by atoms with Gasteiger partial charge in [0, 0.05) is 0 Å². The first-order valence-corrected chi connectivity index (χ1v) is 16.8. The van der Waals surface area contributed by atoms with Gasteiger partial charge >= 0.3 is 0 Å². The summed E-state index contributed by atoms with van der Waals surface area (Å²) in [4.78, 5) is 0. The molecule has 4 aromatic carbocycles. The van der Waals surface area contributed by atoms with E-state index < -0.39 is 0 Å². The zero-order valence-electron chi connectivity index (χ0n) is 29.1. The van der Waals surface area contributed by atoms with E-state index in [0.717, 1.165) is 95.9 Å². The molecule has 0 aliphatic heterocycles. The molecule has 46 heavy (non-hydrogen) atoms. The zero-order chi connectivity index (χ0) is 33.6. The quantitative estimate of drug-likeness (QED) is 0.158. The van der Waals surface area contributed by atoms with Crippen LogP contribution >= 0.6 is 0 Å². The van der Waals surface area contributed by atoms with E-state index in [-0.39, 0.29) is 10.8 Å². The number of phenols is 4. The maximum absolute atomic E-state index is 10.5. The van der Waals surface area contributed by atoms with Gasteiger partial charge in [-0.15, -0.1) is 0 Å². The van der Waals surface area contributed by atoms with Crippen molar-refractivity contribution < 1.29 is 20.4 Å². The molecule has 0 unspecified atom stereocenters. The topological polar surface area (TPSA) is 80.9 Å². The number of hydrogen-bond donors (Lipinski definition) is 4. The van der Waals surface area contributed by atoms with Gasteiger partial charge in [-0.2, -0.15) is 0 Å². The maximum atomic E-state index is 10.5. The van der Waals surface area contributed by atoms with Gasteiger partial charge in [-0.3, -0.25) is 0 Å². The van der Waals surface area contributed by atoms with Crippen LogP contribution in [0.5, 0.6) is 23.0 Å². The second-order valence-electron chi connectivity index (χ2n) is 15.0. The van der Waals surface area contributed by atoms with E-state index in [1.807, 2.05) is 55.4 Å². The van der Waals surface area contributed by atoms with Crippen molar-refractivity contribution in [3.63, 3.8) is 0 Å². The Morgan fingerprint density at radius 2 is 0.500 bits per heavy atom. The van der Waals surface area contributed by atoms with Gasteiger partial charge in [-0.25, -0.2) is 0 Å². The Labute approximate surface area is 275 Å². The van der Waals surface area contributed by atoms with Gasteiger partial charge in [0.1, 0.15) is 23.0 Å². The first-order valence-electron chi connectivity index (χ1n) is 16.8. The van der Waals surface area contributed by atoms with Crippen LogP contribution in [0.15, 0.2) is 48.5 Å². The Balaban J connectivity index is 1.55. The molecular weight excluding hydrogens is 568 g/mol. The Morgan fingerprint density at radius 1 is 0.348 bits per heavy atom. The van der Waals surface area contributed by atoms with Crippen molar-refractivity contribution in [2.24, 2.45) is 10.8 Å². The van der Waals surface area contributed by atoms with Gasteiger partial charge in [0.15, 0.2) is 0 Å². The molecule has 4 nitrogen and oxygen atoms in total. The van der Waals surface area contributed by atoms with Crippen molar-refractivity contribution in [3.05, 3.63) is 115 Å². The predicted molar refractivity (Wildman–Crippen MR) is 188 cm³/mol. The molecule has 244 valence electrons. The van der Waals surface area contributed by atoms with Crippen molar-refractivity contribution in [3.8, 4) is 23.0 Å². The summed E-state index contributed by atoms with van der Waals surface area (Å²) in [5.74, 6) is 1.52. The van der Waals surface area contributed by atoms with Crippen molar-refractivity contribution >= 4 is 0 Å². The molecular formula is C42H52O4. The fraction of sp³-hybridized carbons (Fsp3) is 0.429. The minimum atomic E-state index is 0.0246. The first kappa shape index (κ1) is 33.4. The van der Waals surface area contributed by atoms with Crippen molar-refractivity contribution in [1.29, 1.82) is 0 Å². The highest BCUT2D eigenvalue weighted by Gasteiger charge is 2.43. The highest BCUT2D eigenvalue weighted by atomic mass is 16.3. The molecule has 0 heterocycles. The van der Waals surface area contributed by atoms with E-state index in [1.165, 1.54) is 22.3 Å². The van der Waals surface area contributed by atoms with Crippen LogP contribution in [0.3, 0.4) is 0 Å². The molecule has 0 saturated heterocycles. The van der Waals surface area contributed by atoms with Crippen LogP contribution in [0.25, 0.3) is 0 Å². The minimum absolute atomic E-state index is 0.0246. The normalized spacial score (nSPS) is 15.7. The smallest absolute Gasteiger partial charge is 0.121 e. The molecule has 4 N–H and O–H groups in total. The third-order valence-corrected chi connectivity index (χ3v) is 10.9. The highest BCUT2D eigenvalue weighted by molar-refractivity contribution is 5.46. The van der Waals surface area contributed by atoms with Gasteiger partial charge in [0.05, 0.1) is 0 Å². The third-order valence-electron chi connectivity index (χ3n) is 10.9. The maximum Gasteiger partial charge on any atom is 0.121 e. The van der Waals surface area contributed by atoms with Gasteiger partial charge in [-0.05, 0) is 184 Å². The summed E-state index contributed by atoms with van der Waals surface area (Å²) < 4.78 is 0. The summed E-state index contributed by atoms with van der Waals surface area (Å²) in [5.41, 5.74) is 12.5. The lowest BCUT2D eigenvalue weighted by Gasteiger charge is -2.48. The second kappa shape index (κ2) is 12.7. The summed E-state index contributed by atoms with van der Waals surface area (Å²) >= 11 is 0. The number of phenolic OH excluding ortho intramolecular Hbond substituents is 4. The van der Waals surface area contributed by atoms with Crippen molar-refractivity contribution in [2.45, 2.75) is 107 Å². The fourth-order valence-corrected chi connectivity index (χ4v) is 8.47. The van der Waals surface area contributed by atoms with E-state index in [1.54, 1.807) is 0 Å². The van der Waals surface area contributed by atoms with Crippen LogP contribution in [0.2, 0.25) is 0 Å². The standard InChI is InChI=1S/C42H52O4/c1-25-13-33(14-26(2)37(25)43)21-41(22-34-15-27(3)38(44)28(4)16-34)9-11-42(12-10-41,23-35-17-29(5)39(45)30(6)18-35)24-36-19-31(7)40(46)32(8)20-36/h13-20,43-46H,9-12,21-24H2,1-8H3. The molecule has 0 aromatic heterocycles. The first-order chi connectivity index (χ1) is 21.6. The molecule has 0 radical (unpaired) electrons. The monoisotopic (exact) mass is 620 g/mol. The molecule has 1 fully saturated rings. The Bertz CT molecular complexity index is 1420. The third kappa shape index (κ3) is 6.92. The van der Waals surface area contributed by atoms with Crippen molar-refractivity contribution in [2.75, 3.05) is 0 Å². The summed E-state index contributed by atoms with van der Waals surface area (Å²) in [6.45, 7) is 15.9. The van der Waals surface area contributed by atoms with Gasteiger partial charge in [-0.1, -0.05) is 48.5 Å². The summed E-state index contributed by atoms with van der Waals surface area (Å²) in [5, 5.41) is 42.1. The van der Waals surface area contributed by atoms with Crippen LogP contribution in [-0.2, 0) is 25.7 Å². The molecule has 5 rings (SSSR count). The molecule has 0 amide bonds. The van der Waals surface area contributed by atoms with Crippen LogP contribution in [-0.4, -0.2) is 20.4 Å². The summed E-state index contributed by atoms with van der Waals surface area (Å²) in [7, 11) is 0.